The maximum absolute atomic E-state index is 2.40. The highest BCUT2D eigenvalue weighted by Crippen LogP contribution is 2.46. The van der Waals surface area contributed by atoms with Crippen molar-refractivity contribution in [2.75, 3.05) is 0 Å². The Morgan fingerprint density at radius 1 is 0.211 bits per heavy atom. The lowest BCUT2D eigenvalue weighted by molar-refractivity contribution is 1.59. The number of hydrogen-bond donors (Lipinski definition) is 0. The highest BCUT2D eigenvalue weighted by Gasteiger charge is 2.18. The van der Waals surface area contributed by atoms with Crippen LogP contribution >= 0.6 is 11.3 Å². The van der Waals surface area contributed by atoms with Crippen LogP contribution in [0.2, 0.25) is 0 Å². The van der Waals surface area contributed by atoms with E-state index in [1.165, 1.54) is 119 Å². The Hall–Kier alpha value is -7.06. The van der Waals surface area contributed by atoms with Crippen LogP contribution in [-0.4, -0.2) is 0 Å². The molecule has 1 heteroatoms. The van der Waals surface area contributed by atoms with Crippen molar-refractivity contribution in [1.82, 2.24) is 0 Å². The Morgan fingerprint density at radius 3 is 1.18 bits per heavy atom. The van der Waals surface area contributed by atoms with E-state index in [-0.39, 0.29) is 0 Å². The molecule has 0 saturated heterocycles. The summed E-state index contributed by atoms with van der Waals surface area (Å²) in [4.78, 5) is 0. The van der Waals surface area contributed by atoms with Crippen LogP contribution in [0.25, 0.3) is 119 Å². The highest BCUT2D eigenvalue weighted by atomic mass is 32.1. The summed E-state index contributed by atoms with van der Waals surface area (Å²) < 4.78 is 2.66. The quantitative estimate of drug-likeness (QED) is 0.125. The van der Waals surface area contributed by atoms with Gasteiger partial charge in [-0.25, -0.2) is 0 Å². The molecule has 0 atom stereocenters. The predicted molar refractivity (Wildman–Crippen MR) is 249 cm³/mol. The number of fused-ring (bicyclic) bond motifs is 11. The van der Waals surface area contributed by atoms with Crippen molar-refractivity contribution >= 4 is 85.4 Å². The fraction of sp³-hybridized carbons (Fsp3) is 0. The van der Waals surface area contributed by atoms with Gasteiger partial charge in [-0.3, -0.25) is 0 Å². The molecule has 264 valence electrons. The van der Waals surface area contributed by atoms with Crippen LogP contribution in [0.1, 0.15) is 0 Å². The molecule has 0 bridgehead atoms. The third-order valence-electron chi connectivity index (χ3n) is 12.1. The SMILES string of the molecule is c1ccc(-c2ccc3c4ccccc4c4ccccc4c3c2)c(-c2ccc(-c3c4ccccc4c(-c4ccc5c(c4)sc4ccccc45)c4ccccc34)cc2)c1. The van der Waals surface area contributed by atoms with Crippen LogP contribution in [0, 0.1) is 0 Å². The van der Waals surface area contributed by atoms with Gasteiger partial charge in [0, 0.05) is 20.2 Å². The molecule has 0 aliphatic carbocycles. The van der Waals surface area contributed by atoms with Gasteiger partial charge in [0.15, 0.2) is 0 Å². The summed E-state index contributed by atoms with van der Waals surface area (Å²) >= 11 is 1.88. The largest absolute Gasteiger partial charge is 0.135 e. The third-order valence-corrected chi connectivity index (χ3v) is 13.2. The summed E-state index contributed by atoms with van der Waals surface area (Å²) in [6, 6.07) is 76.5. The summed E-state index contributed by atoms with van der Waals surface area (Å²) in [5.41, 5.74) is 9.96. The lowest BCUT2D eigenvalue weighted by Crippen LogP contribution is -1.91. The molecule has 11 aromatic carbocycles. The zero-order valence-electron chi connectivity index (χ0n) is 31.0. The van der Waals surface area contributed by atoms with Crippen molar-refractivity contribution in [1.29, 1.82) is 0 Å². The second-order valence-corrected chi connectivity index (χ2v) is 16.2. The first kappa shape index (κ1) is 32.2. The van der Waals surface area contributed by atoms with Crippen LogP contribution in [0.3, 0.4) is 0 Å². The second kappa shape index (κ2) is 12.7. The van der Waals surface area contributed by atoms with Gasteiger partial charge < -0.3 is 0 Å². The minimum absolute atomic E-state index is 1.21. The van der Waals surface area contributed by atoms with Gasteiger partial charge in [-0.15, -0.1) is 11.3 Å². The zero-order valence-corrected chi connectivity index (χ0v) is 31.9. The van der Waals surface area contributed by atoms with Crippen molar-refractivity contribution in [3.63, 3.8) is 0 Å². The molecule has 12 rings (SSSR count). The molecule has 12 aromatic rings. The highest BCUT2D eigenvalue weighted by molar-refractivity contribution is 7.25. The van der Waals surface area contributed by atoms with Crippen molar-refractivity contribution in [2.45, 2.75) is 0 Å². The Labute approximate surface area is 334 Å². The van der Waals surface area contributed by atoms with Gasteiger partial charge in [-0.05, 0) is 117 Å². The summed E-state index contributed by atoms with van der Waals surface area (Å²) in [6.45, 7) is 0. The van der Waals surface area contributed by atoms with Gasteiger partial charge in [0.05, 0.1) is 0 Å². The van der Waals surface area contributed by atoms with Crippen LogP contribution in [-0.2, 0) is 0 Å². The molecule has 0 unspecified atom stereocenters. The Balaban J connectivity index is 0.995. The molecule has 0 amide bonds. The Morgan fingerprint density at radius 2 is 0.579 bits per heavy atom. The third kappa shape index (κ3) is 4.99. The molecule has 0 aliphatic heterocycles. The monoisotopic (exact) mass is 738 g/mol. The van der Waals surface area contributed by atoms with Crippen LogP contribution in [0.15, 0.2) is 206 Å². The molecule has 0 saturated carbocycles. The van der Waals surface area contributed by atoms with Gasteiger partial charge >= 0.3 is 0 Å². The van der Waals surface area contributed by atoms with E-state index >= 15 is 0 Å². The predicted octanol–water partition coefficient (Wildman–Crippen LogP) is 16.5. The number of hydrogen-bond acceptors (Lipinski definition) is 1. The summed E-state index contributed by atoms with van der Waals surface area (Å²) in [5.74, 6) is 0. The molecular weight excluding hydrogens is 705 g/mol. The van der Waals surface area contributed by atoms with Crippen molar-refractivity contribution in [3.8, 4) is 44.5 Å². The summed E-state index contributed by atoms with van der Waals surface area (Å²) in [7, 11) is 0. The van der Waals surface area contributed by atoms with Crippen LogP contribution < -0.4 is 0 Å². The lowest BCUT2D eigenvalue weighted by atomic mass is 9.85. The van der Waals surface area contributed by atoms with E-state index in [0.717, 1.165) is 0 Å². The van der Waals surface area contributed by atoms with E-state index < -0.39 is 0 Å². The van der Waals surface area contributed by atoms with Crippen LogP contribution in [0.4, 0.5) is 0 Å². The fourth-order valence-corrected chi connectivity index (χ4v) is 10.7. The molecule has 0 fully saturated rings. The maximum Gasteiger partial charge on any atom is 0.0361 e. The molecule has 1 heterocycles. The second-order valence-electron chi connectivity index (χ2n) is 15.1. The van der Waals surface area contributed by atoms with Gasteiger partial charge in [0.1, 0.15) is 0 Å². The van der Waals surface area contributed by atoms with Crippen molar-refractivity contribution < 1.29 is 0 Å². The molecule has 0 spiro atoms. The fourth-order valence-electron chi connectivity index (χ4n) is 9.51. The zero-order chi connectivity index (χ0) is 37.5. The first-order chi connectivity index (χ1) is 28.3. The van der Waals surface area contributed by atoms with Gasteiger partial charge in [-0.1, -0.05) is 188 Å². The number of thiophene rings is 1. The molecule has 0 N–H and O–H groups in total. The molecule has 0 aliphatic rings. The number of rotatable bonds is 4. The van der Waals surface area contributed by atoms with E-state index in [1.54, 1.807) is 0 Å². The topological polar surface area (TPSA) is 0 Å². The van der Waals surface area contributed by atoms with E-state index in [9.17, 15) is 0 Å². The lowest BCUT2D eigenvalue weighted by Gasteiger charge is -2.18. The van der Waals surface area contributed by atoms with Crippen LogP contribution in [0.5, 0.6) is 0 Å². The maximum atomic E-state index is 2.40. The Bertz CT molecular complexity index is 3480. The van der Waals surface area contributed by atoms with Crippen molar-refractivity contribution in [2.24, 2.45) is 0 Å². The van der Waals surface area contributed by atoms with Crippen molar-refractivity contribution in [3.05, 3.63) is 206 Å². The first-order valence-corrected chi connectivity index (χ1v) is 20.5. The van der Waals surface area contributed by atoms with E-state index in [2.05, 4.69) is 206 Å². The average Bonchev–Trinajstić information content (AvgIpc) is 3.66. The average molecular weight is 739 g/mol. The number of benzene rings is 11. The minimum Gasteiger partial charge on any atom is -0.135 e. The van der Waals surface area contributed by atoms with Gasteiger partial charge in [0.2, 0.25) is 0 Å². The standard InChI is InChI=1S/C56H34S/c1-2-14-40(37-29-31-45-43-17-4-3-15-41(43)42-16-5-6-18-44(42)52(45)33-37)39(13-1)35-25-27-36(28-26-35)55-48-20-7-9-22-50(48)56(51-23-10-8-21-49(51)55)38-30-32-47-46-19-11-12-24-53(46)57-54(47)34-38/h1-34H. The smallest absolute Gasteiger partial charge is 0.0361 e. The van der Waals surface area contributed by atoms with Gasteiger partial charge in [-0.2, -0.15) is 0 Å². The normalized spacial score (nSPS) is 11.9. The molecule has 57 heavy (non-hydrogen) atoms. The molecular formula is C56H34S. The first-order valence-electron chi connectivity index (χ1n) is 19.7. The van der Waals surface area contributed by atoms with E-state index in [0.29, 0.717) is 0 Å². The van der Waals surface area contributed by atoms with E-state index in [1.807, 2.05) is 11.3 Å². The van der Waals surface area contributed by atoms with Gasteiger partial charge in [0.25, 0.3) is 0 Å². The summed E-state index contributed by atoms with van der Waals surface area (Å²) in [5, 5.41) is 15.5. The molecule has 0 radical (unpaired) electrons. The molecule has 0 nitrogen and oxygen atoms in total. The minimum atomic E-state index is 1.21. The summed E-state index contributed by atoms with van der Waals surface area (Å²) in [6.07, 6.45) is 0. The van der Waals surface area contributed by atoms with E-state index in [4.69, 9.17) is 0 Å². The molecule has 1 aromatic heterocycles. The Kier molecular flexibility index (Phi) is 7.20.